The molecule has 114 valence electrons. The number of carbonyl (C=O) groups is 1. The van der Waals surface area contributed by atoms with Gasteiger partial charge in [0.15, 0.2) is 11.5 Å². The second-order valence-corrected chi connectivity index (χ2v) is 5.55. The van der Waals surface area contributed by atoms with Crippen LogP contribution in [0, 0.1) is 0 Å². The average Bonchev–Trinajstić information content (AvgIpc) is 3.01. The average molecular weight is 297 g/mol. The molecule has 2 aromatic carbocycles. The van der Waals surface area contributed by atoms with Gasteiger partial charge in [0.25, 0.3) is 5.91 Å². The van der Waals surface area contributed by atoms with E-state index in [9.17, 15) is 4.79 Å². The predicted molar refractivity (Wildman–Crippen MR) is 84.0 cm³/mol. The highest BCUT2D eigenvalue weighted by Gasteiger charge is 2.26. The fourth-order valence-electron chi connectivity index (χ4n) is 2.52. The SMILES string of the molecule is CC(C)N(Cc1ccccc1)C(=O)c1cccc2c1OCO2. The van der Waals surface area contributed by atoms with Gasteiger partial charge in [0, 0.05) is 12.6 Å². The molecule has 0 bridgehead atoms. The number of nitrogens with zero attached hydrogens (tertiary/aromatic N) is 1. The van der Waals surface area contributed by atoms with Crippen LogP contribution in [0.2, 0.25) is 0 Å². The van der Waals surface area contributed by atoms with Crippen molar-refractivity contribution in [1.82, 2.24) is 4.90 Å². The van der Waals surface area contributed by atoms with Gasteiger partial charge in [0.05, 0.1) is 5.56 Å². The quantitative estimate of drug-likeness (QED) is 0.867. The zero-order chi connectivity index (χ0) is 15.5. The summed E-state index contributed by atoms with van der Waals surface area (Å²) in [5.41, 5.74) is 1.66. The molecule has 0 N–H and O–H groups in total. The molecule has 0 radical (unpaired) electrons. The van der Waals surface area contributed by atoms with E-state index in [1.165, 1.54) is 0 Å². The summed E-state index contributed by atoms with van der Waals surface area (Å²) < 4.78 is 10.8. The molecule has 3 rings (SSSR count). The Morgan fingerprint density at radius 1 is 1.09 bits per heavy atom. The third-order valence-corrected chi connectivity index (χ3v) is 3.71. The molecular weight excluding hydrogens is 278 g/mol. The number of rotatable bonds is 4. The van der Waals surface area contributed by atoms with Crippen molar-refractivity contribution in [2.24, 2.45) is 0 Å². The van der Waals surface area contributed by atoms with Gasteiger partial charge >= 0.3 is 0 Å². The van der Waals surface area contributed by atoms with Gasteiger partial charge in [-0.2, -0.15) is 0 Å². The van der Waals surface area contributed by atoms with Crippen molar-refractivity contribution in [1.29, 1.82) is 0 Å². The number of hydrogen-bond acceptors (Lipinski definition) is 3. The van der Waals surface area contributed by atoms with Crippen LogP contribution in [0.1, 0.15) is 29.8 Å². The van der Waals surface area contributed by atoms with E-state index in [1.54, 1.807) is 6.07 Å². The zero-order valence-corrected chi connectivity index (χ0v) is 12.8. The predicted octanol–water partition coefficient (Wildman–Crippen LogP) is 3.47. The standard InChI is InChI=1S/C18H19NO3/c1-13(2)19(11-14-7-4-3-5-8-14)18(20)15-9-6-10-16-17(15)22-12-21-16/h3-10,13H,11-12H2,1-2H3. The van der Waals surface area contributed by atoms with Gasteiger partial charge < -0.3 is 14.4 Å². The van der Waals surface area contributed by atoms with Crippen LogP contribution in [0.5, 0.6) is 11.5 Å². The summed E-state index contributed by atoms with van der Waals surface area (Å²) >= 11 is 0. The molecule has 2 aromatic rings. The van der Waals surface area contributed by atoms with E-state index in [1.807, 2.05) is 61.2 Å². The molecular formula is C18H19NO3. The first-order chi connectivity index (χ1) is 10.7. The number of benzene rings is 2. The van der Waals surface area contributed by atoms with Crippen molar-refractivity contribution in [3.05, 3.63) is 59.7 Å². The van der Waals surface area contributed by atoms with E-state index in [0.29, 0.717) is 23.6 Å². The zero-order valence-electron chi connectivity index (χ0n) is 12.8. The first-order valence-electron chi connectivity index (χ1n) is 7.40. The van der Waals surface area contributed by atoms with Gasteiger partial charge in [-0.05, 0) is 31.5 Å². The van der Waals surface area contributed by atoms with Gasteiger partial charge in [-0.25, -0.2) is 0 Å². The highest BCUT2D eigenvalue weighted by molar-refractivity contribution is 5.98. The molecule has 1 heterocycles. The van der Waals surface area contributed by atoms with Gasteiger partial charge in [0.2, 0.25) is 6.79 Å². The maximum absolute atomic E-state index is 12.9. The summed E-state index contributed by atoms with van der Waals surface area (Å²) in [6, 6.07) is 15.5. The molecule has 4 heteroatoms. The minimum Gasteiger partial charge on any atom is -0.454 e. The Bertz CT molecular complexity index is 667. The van der Waals surface area contributed by atoms with Gasteiger partial charge in [0.1, 0.15) is 0 Å². The van der Waals surface area contributed by atoms with Crippen LogP contribution in [-0.4, -0.2) is 23.6 Å². The molecule has 0 aliphatic carbocycles. The van der Waals surface area contributed by atoms with E-state index in [4.69, 9.17) is 9.47 Å². The Morgan fingerprint density at radius 2 is 1.86 bits per heavy atom. The first-order valence-corrected chi connectivity index (χ1v) is 7.40. The van der Waals surface area contributed by atoms with Gasteiger partial charge in [-0.15, -0.1) is 0 Å². The molecule has 0 spiro atoms. The van der Waals surface area contributed by atoms with Crippen molar-refractivity contribution in [2.45, 2.75) is 26.4 Å². The van der Waals surface area contributed by atoms with E-state index >= 15 is 0 Å². The van der Waals surface area contributed by atoms with Crippen LogP contribution in [0.15, 0.2) is 48.5 Å². The Morgan fingerprint density at radius 3 is 2.59 bits per heavy atom. The van der Waals surface area contributed by atoms with Crippen molar-refractivity contribution in [3.63, 3.8) is 0 Å². The second kappa shape index (κ2) is 6.10. The highest BCUT2D eigenvalue weighted by Crippen LogP contribution is 2.36. The monoisotopic (exact) mass is 297 g/mol. The molecule has 0 saturated heterocycles. The summed E-state index contributed by atoms with van der Waals surface area (Å²) in [6.07, 6.45) is 0. The molecule has 0 saturated carbocycles. The number of carbonyl (C=O) groups excluding carboxylic acids is 1. The summed E-state index contributed by atoms with van der Waals surface area (Å²) in [6.45, 7) is 4.77. The number of ether oxygens (including phenoxy) is 2. The summed E-state index contributed by atoms with van der Waals surface area (Å²) in [7, 11) is 0. The summed E-state index contributed by atoms with van der Waals surface area (Å²) in [5.74, 6) is 1.14. The maximum atomic E-state index is 12.9. The lowest BCUT2D eigenvalue weighted by Crippen LogP contribution is -2.36. The normalized spacial score (nSPS) is 12.5. The fraction of sp³-hybridized carbons (Fsp3) is 0.278. The van der Waals surface area contributed by atoms with E-state index in [-0.39, 0.29) is 18.7 Å². The maximum Gasteiger partial charge on any atom is 0.258 e. The molecule has 0 aromatic heterocycles. The summed E-state index contributed by atoms with van der Waals surface area (Å²) in [5, 5.41) is 0. The second-order valence-electron chi connectivity index (χ2n) is 5.55. The Labute approximate surface area is 130 Å². The molecule has 1 aliphatic rings. The Balaban J connectivity index is 1.89. The van der Waals surface area contributed by atoms with Crippen molar-refractivity contribution >= 4 is 5.91 Å². The molecule has 4 nitrogen and oxygen atoms in total. The van der Waals surface area contributed by atoms with Crippen LogP contribution in [0.4, 0.5) is 0 Å². The molecule has 0 fully saturated rings. The molecule has 1 amide bonds. The number of hydrogen-bond donors (Lipinski definition) is 0. The van der Waals surface area contributed by atoms with Crippen molar-refractivity contribution < 1.29 is 14.3 Å². The number of amides is 1. The van der Waals surface area contributed by atoms with E-state index in [2.05, 4.69) is 0 Å². The van der Waals surface area contributed by atoms with Crippen LogP contribution in [-0.2, 0) is 6.54 Å². The smallest absolute Gasteiger partial charge is 0.258 e. The summed E-state index contributed by atoms with van der Waals surface area (Å²) in [4.78, 5) is 14.8. The van der Waals surface area contributed by atoms with E-state index < -0.39 is 0 Å². The van der Waals surface area contributed by atoms with Crippen LogP contribution in [0.25, 0.3) is 0 Å². The lowest BCUT2D eigenvalue weighted by Gasteiger charge is -2.27. The first kappa shape index (κ1) is 14.4. The molecule has 0 atom stereocenters. The van der Waals surface area contributed by atoms with Crippen molar-refractivity contribution in [2.75, 3.05) is 6.79 Å². The Kier molecular flexibility index (Phi) is 4.00. The topological polar surface area (TPSA) is 38.8 Å². The minimum atomic E-state index is -0.0406. The number of para-hydroxylation sites is 1. The Hall–Kier alpha value is -2.49. The minimum absolute atomic E-state index is 0.0406. The van der Waals surface area contributed by atoms with Crippen LogP contribution < -0.4 is 9.47 Å². The third-order valence-electron chi connectivity index (χ3n) is 3.71. The highest BCUT2D eigenvalue weighted by atomic mass is 16.7. The molecule has 22 heavy (non-hydrogen) atoms. The number of fused-ring (bicyclic) bond motifs is 1. The molecule has 1 aliphatic heterocycles. The molecule has 0 unspecified atom stereocenters. The van der Waals surface area contributed by atoms with Crippen molar-refractivity contribution in [3.8, 4) is 11.5 Å². The van der Waals surface area contributed by atoms with E-state index in [0.717, 1.165) is 5.56 Å². The van der Waals surface area contributed by atoms with Gasteiger partial charge in [-0.3, -0.25) is 4.79 Å². The lowest BCUT2D eigenvalue weighted by molar-refractivity contribution is 0.0685. The van der Waals surface area contributed by atoms with Crippen LogP contribution in [0.3, 0.4) is 0 Å². The lowest BCUT2D eigenvalue weighted by atomic mass is 10.1. The third kappa shape index (κ3) is 2.77. The van der Waals surface area contributed by atoms with Crippen LogP contribution >= 0.6 is 0 Å². The van der Waals surface area contributed by atoms with Gasteiger partial charge in [-0.1, -0.05) is 36.4 Å². The fourth-order valence-corrected chi connectivity index (χ4v) is 2.52. The largest absolute Gasteiger partial charge is 0.454 e.